The average Bonchev–Trinajstić information content (AvgIpc) is 3.52. The second kappa shape index (κ2) is 10.9. The van der Waals surface area contributed by atoms with E-state index in [-0.39, 0.29) is 5.69 Å². The number of nitrogens with zero attached hydrogens (tertiary/aromatic N) is 5. The highest BCUT2D eigenvalue weighted by molar-refractivity contribution is 5.66. The lowest BCUT2D eigenvalue weighted by Gasteiger charge is -2.06. The van der Waals surface area contributed by atoms with Crippen molar-refractivity contribution in [2.75, 3.05) is 0 Å². The Kier molecular flexibility index (Phi) is 7.22. The molecule has 4 rings (SSSR count). The van der Waals surface area contributed by atoms with Gasteiger partial charge in [0.2, 0.25) is 5.89 Å². The highest BCUT2D eigenvalue weighted by atomic mass is 16.6. The highest BCUT2D eigenvalue weighted by Gasteiger charge is 2.05. The summed E-state index contributed by atoms with van der Waals surface area (Å²) in [6.07, 6.45) is 11.7. The number of hydrogen-bond acceptors (Lipinski definition) is 7. The minimum Gasteiger partial charge on any atom is -0.487 e. The molecule has 0 spiro atoms. The van der Waals surface area contributed by atoms with Crippen molar-refractivity contribution in [3.63, 3.8) is 0 Å². The SMILES string of the molecule is O=[N+]([O-])c1ccc(/C=C/c2nc(COc3ccc(CCCCn4ccnn4)cc3)co2)cc1. The van der Waals surface area contributed by atoms with Gasteiger partial charge in [-0.2, -0.15) is 0 Å². The smallest absolute Gasteiger partial charge is 0.269 e. The van der Waals surface area contributed by atoms with E-state index in [9.17, 15) is 10.1 Å². The molecule has 2 aromatic heterocycles. The van der Waals surface area contributed by atoms with Gasteiger partial charge in [-0.15, -0.1) is 5.10 Å². The first-order valence-corrected chi connectivity index (χ1v) is 10.6. The molecule has 0 atom stereocenters. The van der Waals surface area contributed by atoms with Crippen LogP contribution in [0, 0.1) is 10.1 Å². The summed E-state index contributed by atoms with van der Waals surface area (Å²) in [4.78, 5) is 14.7. The number of aromatic nitrogens is 4. The van der Waals surface area contributed by atoms with E-state index in [1.807, 2.05) is 23.0 Å². The first-order chi connectivity index (χ1) is 16.2. The van der Waals surface area contributed by atoms with Gasteiger partial charge in [0.1, 0.15) is 24.3 Å². The van der Waals surface area contributed by atoms with Gasteiger partial charge in [-0.05, 0) is 60.7 Å². The molecule has 0 aliphatic carbocycles. The summed E-state index contributed by atoms with van der Waals surface area (Å²) in [6.45, 7) is 1.18. The lowest BCUT2D eigenvalue weighted by atomic mass is 10.1. The summed E-state index contributed by atoms with van der Waals surface area (Å²) in [7, 11) is 0. The standard InChI is InChI=1S/C24H23N5O4/c30-29(31)22-9-4-20(5-10-22)8-13-24-26-21(18-33-24)17-32-23-11-6-19(7-12-23)3-1-2-15-28-16-14-25-27-28/h4-14,16,18H,1-3,15,17H2/b13-8+. The lowest BCUT2D eigenvalue weighted by molar-refractivity contribution is -0.384. The first-order valence-electron chi connectivity index (χ1n) is 10.6. The third-order valence-corrected chi connectivity index (χ3v) is 4.98. The second-order valence-corrected chi connectivity index (χ2v) is 7.41. The van der Waals surface area contributed by atoms with Crippen molar-refractivity contribution in [1.29, 1.82) is 0 Å². The third kappa shape index (κ3) is 6.60. The fourth-order valence-corrected chi connectivity index (χ4v) is 3.20. The molecule has 2 heterocycles. The Labute approximate surface area is 190 Å². The number of aryl methyl sites for hydroxylation is 2. The molecule has 0 saturated heterocycles. The zero-order valence-corrected chi connectivity index (χ0v) is 17.9. The zero-order chi connectivity index (χ0) is 22.9. The van der Waals surface area contributed by atoms with E-state index in [1.54, 1.807) is 36.7 Å². The van der Waals surface area contributed by atoms with Crippen LogP contribution in [-0.4, -0.2) is 24.9 Å². The van der Waals surface area contributed by atoms with Gasteiger partial charge in [0.05, 0.1) is 11.1 Å². The molecule has 33 heavy (non-hydrogen) atoms. The van der Waals surface area contributed by atoms with Crippen LogP contribution in [0.4, 0.5) is 5.69 Å². The molecular weight excluding hydrogens is 422 g/mol. The van der Waals surface area contributed by atoms with Gasteiger partial charge in [0.25, 0.3) is 5.69 Å². The molecule has 2 aromatic carbocycles. The number of nitro benzene ring substituents is 1. The molecule has 0 fully saturated rings. The van der Waals surface area contributed by atoms with Crippen LogP contribution in [0.5, 0.6) is 5.75 Å². The molecule has 0 saturated carbocycles. The summed E-state index contributed by atoms with van der Waals surface area (Å²) in [5.41, 5.74) is 2.81. The fraction of sp³-hybridized carbons (Fsp3) is 0.208. The molecular formula is C24H23N5O4. The van der Waals surface area contributed by atoms with E-state index in [0.717, 1.165) is 37.1 Å². The highest BCUT2D eigenvalue weighted by Crippen LogP contribution is 2.17. The number of benzene rings is 2. The second-order valence-electron chi connectivity index (χ2n) is 7.41. The number of oxazole rings is 1. The summed E-state index contributed by atoms with van der Waals surface area (Å²) >= 11 is 0. The first kappa shape index (κ1) is 21.9. The van der Waals surface area contributed by atoms with Gasteiger partial charge in [0.15, 0.2) is 0 Å². The van der Waals surface area contributed by atoms with Crippen LogP contribution >= 0.6 is 0 Å². The topological polar surface area (TPSA) is 109 Å². The van der Waals surface area contributed by atoms with Crippen molar-refractivity contribution in [2.45, 2.75) is 32.4 Å². The van der Waals surface area contributed by atoms with Gasteiger partial charge in [-0.3, -0.25) is 14.8 Å². The normalized spacial score (nSPS) is 11.2. The van der Waals surface area contributed by atoms with Gasteiger partial charge >= 0.3 is 0 Å². The summed E-state index contributed by atoms with van der Waals surface area (Å²) in [5, 5.41) is 18.5. The molecule has 0 unspecified atom stereocenters. The monoisotopic (exact) mass is 445 g/mol. The summed E-state index contributed by atoms with van der Waals surface area (Å²) < 4.78 is 13.1. The number of nitro groups is 1. The van der Waals surface area contributed by atoms with Crippen LogP contribution < -0.4 is 4.74 Å². The number of rotatable bonds is 11. The van der Waals surface area contributed by atoms with Crippen molar-refractivity contribution in [1.82, 2.24) is 20.0 Å². The minimum atomic E-state index is -0.427. The van der Waals surface area contributed by atoms with E-state index in [1.165, 1.54) is 17.7 Å². The van der Waals surface area contributed by atoms with Crippen molar-refractivity contribution >= 4 is 17.8 Å². The van der Waals surface area contributed by atoms with Crippen LogP contribution in [0.25, 0.3) is 12.2 Å². The number of unbranched alkanes of at least 4 members (excludes halogenated alkanes) is 1. The lowest BCUT2D eigenvalue weighted by Crippen LogP contribution is -1.99. The predicted octanol–water partition coefficient (Wildman–Crippen LogP) is 4.95. The zero-order valence-electron chi connectivity index (χ0n) is 17.9. The quantitative estimate of drug-likeness (QED) is 0.183. The Balaban J connectivity index is 1.21. The Bertz CT molecular complexity index is 1180. The van der Waals surface area contributed by atoms with Gasteiger partial charge in [-0.25, -0.2) is 4.98 Å². The molecule has 168 valence electrons. The third-order valence-electron chi connectivity index (χ3n) is 4.98. The maximum absolute atomic E-state index is 10.7. The van der Waals surface area contributed by atoms with Crippen LogP contribution in [0.3, 0.4) is 0 Å². The predicted molar refractivity (Wildman–Crippen MR) is 122 cm³/mol. The van der Waals surface area contributed by atoms with Gasteiger partial charge < -0.3 is 9.15 Å². The van der Waals surface area contributed by atoms with Crippen molar-refractivity contribution in [2.24, 2.45) is 0 Å². The average molecular weight is 445 g/mol. The molecule has 4 aromatic rings. The van der Waals surface area contributed by atoms with E-state index in [4.69, 9.17) is 9.15 Å². The van der Waals surface area contributed by atoms with Crippen molar-refractivity contribution in [3.8, 4) is 5.75 Å². The fourth-order valence-electron chi connectivity index (χ4n) is 3.20. The molecule has 0 amide bonds. The summed E-state index contributed by atoms with van der Waals surface area (Å²) in [6, 6.07) is 14.3. The summed E-state index contributed by atoms with van der Waals surface area (Å²) in [5.74, 6) is 1.21. The molecule has 0 N–H and O–H groups in total. The molecule has 0 radical (unpaired) electrons. The van der Waals surface area contributed by atoms with E-state index >= 15 is 0 Å². The maximum Gasteiger partial charge on any atom is 0.269 e. The van der Waals surface area contributed by atoms with Crippen molar-refractivity contribution < 1.29 is 14.1 Å². The Morgan fingerprint density at radius 2 is 1.88 bits per heavy atom. The number of hydrogen-bond donors (Lipinski definition) is 0. The Hall–Kier alpha value is -4.27. The Morgan fingerprint density at radius 3 is 2.61 bits per heavy atom. The molecule has 0 bridgehead atoms. The molecule has 9 nitrogen and oxygen atoms in total. The number of non-ortho nitro benzene ring substituents is 1. The van der Waals surface area contributed by atoms with Gasteiger partial charge in [0, 0.05) is 31.0 Å². The van der Waals surface area contributed by atoms with Crippen LogP contribution in [0.2, 0.25) is 0 Å². The minimum absolute atomic E-state index is 0.0545. The van der Waals surface area contributed by atoms with E-state index < -0.39 is 4.92 Å². The van der Waals surface area contributed by atoms with Crippen LogP contribution in [0.15, 0.2) is 71.6 Å². The van der Waals surface area contributed by atoms with E-state index in [0.29, 0.717) is 18.2 Å². The number of ether oxygens (including phenoxy) is 1. The largest absolute Gasteiger partial charge is 0.487 e. The maximum atomic E-state index is 10.7. The van der Waals surface area contributed by atoms with Crippen LogP contribution in [-0.2, 0) is 19.6 Å². The molecule has 0 aliphatic heterocycles. The van der Waals surface area contributed by atoms with Gasteiger partial charge in [-0.1, -0.05) is 17.3 Å². The van der Waals surface area contributed by atoms with Crippen LogP contribution in [0.1, 0.15) is 35.6 Å². The van der Waals surface area contributed by atoms with E-state index in [2.05, 4.69) is 27.4 Å². The molecule has 0 aliphatic rings. The Morgan fingerprint density at radius 1 is 1.06 bits per heavy atom. The van der Waals surface area contributed by atoms with Crippen molar-refractivity contribution in [3.05, 3.63) is 100 Å². The molecule has 9 heteroatoms.